The summed E-state index contributed by atoms with van der Waals surface area (Å²) >= 11 is 2.19. The molecule has 2 aromatic rings. The fourth-order valence-electron chi connectivity index (χ4n) is 3.53. The van der Waals surface area contributed by atoms with Crippen molar-refractivity contribution in [1.29, 1.82) is 5.26 Å². The summed E-state index contributed by atoms with van der Waals surface area (Å²) in [5, 5.41) is 24.6. The summed E-state index contributed by atoms with van der Waals surface area (Å²) in [4.78, 5) is 47.5. The van der Waals surface area contributed by atoms with Crippen molar-refractivity contribution in [2.75, 3.05) is 18.6 Å². The van der Waals surface area contributed by atoms with Crippen molar-refractivity contribution in [3.63, 3.8) is 0 Å². The third-order valence-corrected chi connectivity index (χ3v) is 6.83. The molecule has 2 aliphatic heterocycles. The molecule has 1 saturated heterocycles. The van der Waals surface area contributed by atoms with Gasteiger partial charge in [0.2, 0.25) is 11.5 Å². The zero-order chi connectivity index (χ0) is 24.4. The highest BCUT2D eigenvalue weighted by Gasteiger charge is 2.54. The second-order valence-corrected chi connectivity index (χ2v) is 8.96. The summed E-state index contributed by atoms with van der Waals surface area (Å²) in [7, 11) is 1.24. The zero-order valence-electron chi connectivity index (χ0n) is 17.5. The van der Waals surface area contributed by atoms with Crippen LogP contribution in [-0.4, -0.2) is 67.1 Å². The number of amides is 2. The lowest BCUT2D eigenvalue weighted by atomic mass is 10.0. The molecular weight excluding hydrogens is 484 g/mol. The molecule has 2 aliphatic rings. The maximum atomic E-state index is 12.9. The van der Waals surface area contributed by atoms with Crippen molar-refractivity contribution in [2.45, 2.75) is 18.0 Å². The van der Waals surface area contributed by atoms with Crippen LogP contribution in [0.25, 0.3) is 0 Å². The topological polar surface area (TPSA) is 188 Å². The summed E-state index contributed by atoms with van der Waals surface area (Å²) in [5.74, 6) is -2.31. The molecule has 4 heterocycles. The Morgan fingerprint density at radius 2 is 2.32 bits per heavy atom. The number of aromatic nitrogens is 3. The molecule has 2 atom stereocenters. The Morgan fingerprint density at radius 1 is 1.53 bits per heavy atom. The van der Waals surface area contributed by atoms with Crippen LogP contribution in [0.2, 0.25) is 0 Å². The van der Waals surface area contributed by atoms with Crippen LogP contribution in [0, 0.1) is 11.3 Å². The predicted molar refractivity (Wildman–Crippen MR) is 119 cm³/mol. The first-order valence-corrected chi connectivity index (χ1v) is 11.5. The second-order valence-electron chi connectivity index (χ2n) is 7.07. The highest BCUT2D eigenvalue weighted by Crippen LogP contribution is 2.40. The lowest BCUT2D eigenvalue weighted by molar-refractivity contribution is -0.689. The van der Waals surface area contributed by atoms with Crippen LogP contribution in [0.1, 0.15) is 11.4 Å². The Labute approximate surface area is 200 Å². The van der Waals surface area contributed by atoms with Crippen LogP contribution in [0.3, 0.4) is 0 Å². The number of carboxylic acid groups (broad SMARTS) is 1. The molecule has 0 aliphatic carbocycles. The van der Waals surface area contributed by atoms with Crippen LogP contribution < -0.4 is 15.6 Å². The highest BCUT2D eigenvalue weighted by atomic mass is 32.2. The van der Waals surface area contributed by atoms with Crippen LogP contribution in [0.5, 0.6) is 0 Å². The van der Waals surface area contributed by atoms with Gasteiger partial charge in [0.05, 0.1) is 0 Å². The lowest BCUT2D eigenvalue weighted by Crippen LogP contribution is -2.71. The fraction of sp³-hybridized carbons (Fsp3) is 0.263. The highest BCUT2D eigenvalue weighted by molar-refractivity contribution is 8.00. The fourth-order valence-corrected chi connectivity index (χ4v) is 5.30. The molecule has 34 heavy (non-hydrogen) atoms. The Balaban J connectivity index is 1.54. The molecule has 174 valence electrons. The van der Waals surface area contributed by atoms with E-state index >= 15 is 0 Å². The van der Waals surface area contributed by atoms with Gasteiger partial charge in [0, 0.05) is 28.9 Å². The molecule has 0 spiro atoms. The van der Waals surface area contributed by atoms with E-state index in [4.69, 9.17) is 15.8 Å². The van der Waals surface area contributed by atoms with Gasteiger partial charge in [0.15, 0.2) is 24.1 Å². The number of nitrogens with zero attached hydrogens (tertiary/aromatic N) is 6. The number of aliphatic carboxylic acids is 1. The Kier molecular flexibility index (Phi) is 6.43. The average molecular weight is 502 g/mol. The van der Waals surface area contributed by atoms with E-state index in [1.807, 2.05) is 6.07 Å². The Bertz CT molecular complexity index is 1280. The van der Waals surface area contributed by atoms with Gasteiger partial charge >= 0.3 is 5.97 Å². The first kappa shape index (κ1) is 23.1. The zero-order valence-corrected chi connectivity index (χ0v) is 19.2. The second kappa shape index (κ2) is 9.45. The van der Waals surface area contributed by atoms with Gasteiger partial charge in [-0.25, -0.2) is 4.79 Å². The van der Waals surface area contributed by atoms with Gasteiger partial charge < -0.3 is 21.0 Å². The van der Waals surface area contributed by atoms with Crippen molar-refractivity contribution in [3.05, 3.63) is 47.2 Å². The summed E-state index contributed by atoms with van der Waals surface area (Å²) in [6.07, 6.45) is 3.31. The number of nitriles is 1. The molecule has 0 aromatic carbocycles. The van der Waals surface area contributed by atoms with E-state index in [-0.39, 0.29) is 28.9 Å². The normalized spacial score (nSPS) is 19.7. The van der Waals surface area contributed by atoms with Crippen LogP contribution in [-0.2, 0) is 25.8 Å². The van der Waals surface area contributed by atoms with Crippen molar-refractivity contribution < 1.29 is 28.9 Å². The van der Waals surface area contributed by atoms with Crippen molar-refractivity contribution in [3.8, 4) is 6.07 Å². The van der Waals surface area contributed by atoms with E-state index < -0.39 is 29.2 Å². The van der Waals surface area contributed by atoms with E-state index in [1.165, 1.54) is 18.9 Å². The first-order chi connectivity index (χ1) is 16.3. The van der Waals surface area contributed by atoms with Crippen molar-refractivity contribution in [2.24, 2.45) is 5.16 Å². The van der Waals surface area contributed by atoms with Gasteiger partial charge in [-0.3, -0.25) is 14.5 Å². The number of carboxylic acids is 1. The van der Waals surface area contributed by atoms with Crippen molar-refractivity contribution in [1.82, 2.24) is 19.6 Å². The summed E-state index contributed by atoms with van der Waals surface area (Å²) < 4.78 is 5.61. The van der Waals surface area contributed by atoms with Gasteiger partial charge in [0.25, 0.3) is 11.8 Å². The molecule has 15 heteroatoms. The van der Waals surface area contributed by atoms with Gasteiger partial charge in [0.1, 0.15) is 35.9 Å². The largest absolute Gasteiger partial charge is 0.477 e. The predicted octanol–water partition coefficient (Wildman–Crippen LogP) is -0.931. The number of fused-ring (bicyclic) bond motifs is 1. The third-order valence-electron chi connectivity index (χ3n) is 4.95. The number of carbonyl (C=O) groups is 3. The van der Waals surface area contributed by atoms with E-state index in [1.54, 1.807) is 29.1 Å². The number of thioether (sulfide) groups is 1. The quantitative estimate of drug-likeness (QED) is 0.185. The molecule has 0 saturated carbocycles. The lowest BCUT2D eigenvalue weighted by Gasteiger charge is -2.49. The summed E-state index contributed by atoms with van der Waals surface area (Å²) in [6, 6.07) is 4.38. The van der Waals surface area contributed by atoms with Gasteiger partial charge in [-0.05, 0) is 6.07 Å². The van der Waals surface area contributed by atoms with Crippen molar-refractivity contribution >= 4 is 51.9 Å². The molecule has 4 rings (SSSR count). The third kappa shape index (κ3) is 4.28. The Morgan fingerprint density at radius 3 is 2.97 bits per heavy atom. The SMILES string of the molecule is CO/N=C(\C(=O)N[C@@H]1C(=O)N2C(C(=O)O)=C(C[n+]3cccc(C#N)c3)CS[C@H]12)c1nsc(N)n1. The number of rotatable bonds is 7. The number of oxime groups is 1. The molecular formula is C19H17N8O5S2+. The molecule has 2 amide bonds. The van der Waals surface area contributed by atoms with E-state index in [0.29, 0.717) is 16.9 Å². The number of nitrogen functional groups attached to an aromatic ring is 1. The maximum absolute atomic E-state index is 12.9. The monoisotopic (exact) mass is 501 g/mol. The van der Waals surface area contributed by atoms with Gasteiger partial charge in [-0.15, -0.1) is 11.8 Å². The standard InChI is InChI=1S/C19H16N8O5S2/c1-32-24-11(14-23-19(21)34-25-14)15(28)22-12-16(29)27-13(18(30)31)10(8-33-17(12)27)7-26-4-2-3-9(5-20)6-26/h2-4,6,12,17H,7-8H2,1H3,(H3-,21,22,23,25,28,30,31)/p+1/b24-11-/t12-,17-/m1/s1. The van der Waals surface area contributed by atoms with E-state index in [9.17, 15) is 19.5 Å². The molecule has 13 nitrogen and oxygen atoms in total. The van der Waals surface area contributed by atoms with Gasteiger partial charge in [-0.1, -0.05) is 5.16 Å². The van der Waals surface area contributed by atoms with Crippen LogP contribution in [0.4, 0.5) is 5.13 Å². The minimum Gasteiger partial charge on any atom is -0.477 e. The minimum absolute atomic E-state index is 0.0493. The number of hydrogen-bond donors (Lipinski definition) is 3. The number of β-lactam (4-membered cyclic amide) rings is 1. The van der Waals surface area contributed by atoms with E-state index in [2.05, 4.69) is 19.8 Å². The molecule has 4 N–H and O–H groups in total. The first-order valence-electron chi connectivity index (χ1n) is 9.64. The number of anilines is 1. The molecule has 0 unspecified atom stereocenters. The number of pyridine rings is 1. The smallest absolute Gasteiger partial charge is 0.352 e. The summed E-state index contributed by atoms with van der Waals surface area (Å²) in [5.41, 5.74) is 6.11. The average Bonchev–Trinajstić information content (AvgIpc) is 3.26. The number of nitrogens with two attached hydrogens (primary N) is 1. The number of hydrogen-bond acceptors (Lipinski definition) is 11. The number of nitrogens with one attached hydrogen (secondary N) is 1. The molecule has 2 aromatic heterocycles. The van der Waals surface area contributed by atoms with Crippen LogP contribution >= 0.6 is 23.3 Å². The molecule has 0 bridgehead atoms. The number of carbonyl (C=O) groups excluding carboxylic acids is 2. The van der Waals surface area contributed by atoms with E-state index in [0.717, 1.165) is 16.4 Å². The Hall–Kier alpha value is -4.03. The minimum atomic E-state index is -1.25. The van der Waals surface area contributed by atoms with Crippen LogP contribution in [0.15, 0.2) is 41.0 Å². The van der Waals surface area contributed by atoms with Gasteiger partial charge in [-0.2, -0.15) is 19.2 Å². The molecule has 0 radical (unpaired) electrons. The summed E-state index contributed by atoms with van der Waals surface area (Å²) in [6.45, 7) is 0.194. The molecule has 1 fully saturated rings. The maximum Gasteiger partial charge on any atom is 0.352 e.